The Bertz CT molecular complexity index is 1670. The largest absolute Gasteiger partial charge is 0.457 e. The van der Waals surface area contributed by atoms with Crippen molar-refractivity contribution in [2.45, 2.75) is 0 Å². The van der Waals surface area contributed by atoms with Gasteiger partial charge in [-0.05, 0) is 54.6 Å². The summed E-state index contributed by atoms with van der Waals surface area (Å²) >= 11 is 9.99. The van der Waals surface area contributed by atoms with Gasteiger partial charge in [-0.1, -0.05) is 33.6 Å². The fourth-order valence-corrected chi connectivity index (χ4v) is 4.53. The number of aromatic amines is 1. The zero-order chi connectivity index (χ0) is 26.3. The van der Waals surface area contributed by atoms with Crippen molar-refractivity contribution >= 4 is 55.9 Å². The van der Waals surface area contributed by atoms with Crippen molar-refractivity contribution < 1.29 is 14.3 Å². The van der Waals surface area contributed by atoms with Crippen LogP contribution < -0.4 is 10.5 Å². The first-order valence-electron chi connectivity index (χ1n) is 11.2. The van der Waals surface area contributed by atoms with E-state index in [1.807, 2.05) is 18.2 Å². The smallest absolute Gasteiger partial charge is 0.253 e. The van der Waals surface area contributed by atoms with Crippen molar-refractivity contribution in [2.24, 2.45) is 0 Å². The minimum absolute atomic E-state index is 0.126. The van der Waals surface area contributed by atoms with Gasteiger partial charge in [0.25, 0.3) is 5.91 Å². The third-order valence-electron chi connectivity index (χ3n) is 5.75. The van der Waals surface area contributed by atoms with Gasteiger partial charge in [0.05, 0.1) is 28.2 Å². The van der Waals surface area contributed by atoms with E-state index in [2.05, 4.69) is 26.0 Å². The molecule has 8 nitrogen and oxygen atoms in total. The van der Waals surface area contributed by atoms with Crippen molar-refractivity contribution in [3.8, 4) is 17.2 Å². The number of hydrogen-bond acceptors (Lipinski definition) is 5. The lowest BCUT2D eigenvalue weighted by Gasteiger charge is -2.13. The molecular weight excluding hydrogens is 558 g/mol. The van der Waals surface area contributed by atoms with E-state index in [0.29, 0.717) is 33.5 Å². The average Bonchev–Trinajstić information content (AvgIpc) is 3.46. The van der Waals surface area contributed by atoms with Gasteiger partial charge in [-0.15, -0.1) is 0 Å². The van der Waals surface area contributed by atoms with E-state index in [1.54, 1.807) is 62.6 Å². The van der Waals surface area contributed by atoms with Crippen LogP contribution in [0, 0.1) is 0 Å². The van der Waals surface area contributed by atoms with Gasteiger partial charge in [-0.3, -0.25) is 9.59 Å². The number of halogens is 2. The number of rotatable bonds is 6. The number of nitrogens with two attached hydrogens (primary N) is 1. The summed E-state index contributed by atoms with van der Waals surface area (Å²) in [5, 5.41) is 5.53. The molecule has 0 aliphatic carbocycles. The second kappa shape index (κ2) is 9.76. The predicted octanol–water partition coefficient (Wildman–Crippen LogP) is 6.08. The van der Waals surface area contributed by atoms with E-state index in [-0.39, 0.29) is 23.1 Å². The SMILES string of the molecule is CN(C)C(=O)c1cccc(Oc2ccc(-n3ncc(C(=O)c4cc5cc(Br)ccc5[nH]4)c3N)c(Cl)c2)c1. The molecule has 5 aromatic rings. The van der Waals surface area contributed by atoms with E-state index >= 15 is 0 Å². The van der Waals surface area contributed by atoms with Crippen LogP contribution in [0.2, 0.25) is 5.02 Å². The van der Waals surface area contributed by atoms with E-state index in [0.717, 1.165) is 15.4 Å². The summed E-state index contributed by atoms with van der Waals surface area (Å²) in [6.45, 7) is 0. The Morgan fingerprint density at radius 1 is 1.05 bits per heavy atom. The van der Waals surface area contributed by atoms with Crippen LogP contribution in [0.5, 0.6) is 11.5 Å². The van der Waals surface area contributed by atoms with Gasteiger partial charge in [-0.25, -0.2) is 4.68 Å². The van der Waals surface area contributed by atoms with Crippen LogP contribution in [0.4, 0.5) is 5.82 Å². The van der Waals surface area contributed by atoms with Crippen molar-refractivity contribution in [2.75, 3.05) is 19.8 Å². The maximum absolute atomic E-state index is 13.2. The molecule has 1 amide bonds. The number of amides is 1. The summed E-state index contributed by atoms with van der Waals surface area (Å²) < 4.78 is 8.24. The van der Waals surface area contributed by atoms with E-state index in [9.17, 15) is 9.59 Å². The number of benzene rings is 3. The highest BCUT2D eigenvalue weighted by atomic mass is 79.9. The molecule has 0 radical (unpaired) electrons. The minimum Gasteiger partial charge on any atom is -0.457 e. The summed E-state index contributed by atoms with van der Waals surface area (Å²) in [5.41, 5.74) is 8.82. The minimum atomic E-state index is -0.278. The van der Waals surface area contributed by atoms with Crippen LogP contribution in [-0.4, -0.2) is 45.5 Å². The molecule has 0 spiro atoms. The highest BCUT2D eigenvalue weighted by Gasteiger charge is 2.21. The highest BCUT2D eigenvalue weighted by molar-refractivity contribution is 9.10. The molecule has 0 unspecified atom stereocenters. The number of carbonyl (C=O) groups excluding carboxylic acids is 2. The fraction of sp³-hybridized carbons (Fsp3) is 0.0741. The average molecular weight is 579 g/mol. The van der Waals surface area contributed by atoms with Gasteiger partial charge in [0, 0.05) is 41.1 Å². The van der Waals surface area contributed by atoms with Gasteiger partial charge in [0.2, 0.25) is 5.78 Å². The molecular formula is C27H21BrClN5O3. The van der Waals surface area contributed by atoms with Gasteiger partial charge >= 0.3 is 0 Å². The Hall–Kier alpha value is -4.08. The molecule has 2 aromatic heterocycles. The molecule has 3 N–H and O–H groups in total. The van der Waals surface area contributed by atoms with Crippen molar-refractivity contribution in [3.63, 3.8) is 0 Å². The molecule has 0 aliphatic rings. The molecule has 0 aliphatic heterocycles. The molecule has 2 heterocycles. The molecule has 37 heavy (non-hydrogen) atoms. The first-order chi connectivity index (χ1) is 17.7. The molecule has 10 heteroatoms. The molecule has 3 aromatic carbocycles. The van der Waals surface area contributed by atoms with Gasteiger partial charge in [0.1, 0.15) is 17.3 Å². The number of nitrogens with zero attached hydrogens (tertiary/aromatic N) is 3. The number of H-pyrrole nitrogens is 1. The maximum atomic E-state index is 13.2. The summed E-state index contributed by atoms with van der Waals surface area (Å²) in [6, 6.07) is 19.4. The van der Waals surface area contributed by atoms with Crippen LogP contribution in [0.15, 0.2) is 77.4 Å². The number of fused-ring (bicyclic) bond motifs is 1. The third-order valence-corrected chi connectivity index (χ3v) is 6.54. The van der Waals surface area contributed by atoms with Crippen LogP contribution in [-0.2, 0) is 0 Å². The third kappa shape index (κ3) is 4.83. The zero-order valence-electron chi connectivity index (χ0n) is 19.8. The molecule has 0 atom stereocenters. The Kier molecular flexibility index (Phi) is 6.49. The zero-order valence-corrected chi connectivity index (χ0v) is 22.2. The van der Waals surface area contributed by atoms with E-state index in [4.69, 9.17) is 22.1 Å². The number of carbonyl (C=O) groups is 2. The lowest BCUT2D eigenvalue weighted by Crippen LogP contribution is -2.21. The lowest BCUT2D eigenvalue weighted by molar-refractivity contribution is 0.0827. The van der Waals surface area contributed by atoms with Crippen molar-refractivity contribution in [1.82, 2.24) is 19.7 Å². The number of ketones is 1. The number of hydrogen-bond donors (Lipinski definition) is 2. The van der Waals surface area contributed by atoms with E-state index in [1.165, 1.54) is 15.8 Å². The number of ether oxygens (including phenoxy) is 1. The number of nitrogens with one attached hydrogen (secondary N) is 1. The molecule has 5 rings (SSSR count). The maximum Gasteiger partial charge on any atom is 0.253 e. The van der Waals surface area contributed by atoms with Crippen LogP contribution in [0.3, 0.4) is 0 Å². The van der Waals surface area contributed by atoms with Crippen LogP contribution in [0.1, 0.15) is 26.4 Å². The summed E-state index contributed by atoms with van der Waals surface area (Å²) in [4.78, 5) is 30.0. The molecule has 0 bridgehead atoms. The van der Waals surface area contributed by atoms with Crippen LogP contribution >= 0.6 is 27.5 Å². The van der Waals surface area contributed by atoms with Crippen molar-refractivity contribution in [3.05, 3.63) is 99.2 Å². The second-order valence-electron chi connectivity index (χ2n) is 8.54. The first-order valence-corrected chi connectivity index (χ1v) is 12.3. The van der Waals surface area contributed by atoms with E-state index < -0.39 is 0 Å². The lowest BCUT2D eigenvalue weighted by atomic mass is 10.1. The summed E-state index contributed by atoms with van der Waals surface area (Å²) in [5.74, 6) is 0.719. The monoisotopic (exact) mass is 577 g/mol. The normalized spacial score (nSPS) is 11.0. The molecule has 0 fully saturated rings. The first kappa shape index (κ1) is 24.6. The number of anilines is 1. The quantitative estimate of drug-likeness (QED) is 0.238. The Labute approximate surface area is 225 Å². The summed E-state index contributed by atoms with van der Waals surface area (Å²) in [7, 11) is 3.38. The van der Waals surface area contributed by atoms with Gasteiger partial charge in [-0.2, -0.15) is 5.10 Å². The Balaban J connectivity index is 1.39. The fourth-order valence-electron chi connectivity index (χ4n) is 3.91. The topological polar surface area (TPSA) is 106 Å². The number of aromatic nitrogens is 3. The summed E-state index contributed by atoms with van der Waals surface area (Å²) in [6.07, 6.45) is 1.42. The number of nitrogen functional groups attached to an aromatic ring is 1. The Morgan fingerprint density at radius 2 is 1.84 bits per heavy atom. The second-order valence-corrected chi connectivity index (χ2v) is 9.86. The van der Waals surface area contributed by atoms with Crippen LogP contribution in [0.25, 0.3) is 16.6 Å². The highest BCUT2D eigenvalue weighted by Crippen LogP contribution is 2.31. The Morgan fingerprint density at radius 3 is 2.59 bits per heavy atom. The molecule has 186 valence electrons. The van der Waals surface area contributed by atoms with Gasteiger partial charge < -0.3 is 20.4 Å². The predicted molar refractivity (Wildman–Crippen MR) is 147 cm³/mol. The molecule has 0 saturated heterocycles. The van der Waals surface area contributed by atoms with Gasteiger partial charge in [0.15, 0.2) is 0 Å². The standard InChI is InChI=1S/C27H21BrClN5O3/c1-33(2)27(36)15-4-3-5-18(11-15)37-19-7-9-24(21(29)13-19)34-26(30)20(14-31-34)25(35)23-12-16-10-17(28)6-8-22(16)32-23/h3-14,32H,30H2,1-2H3. The van der Waals surface area contributed by atoms with Crippen molar-refractivity contribution in [1.29, 1.82) is 0 Å². The molecule has 0 saturated carbocycles.